The van der Waals surface area contributed by atoms with Crippen molar-refractivity contribution in [2.24, 2.45) is 0 Å². The van der Waals surface area contributed by atoms with Gasteiger partial charge in [0, 0.05) is 37.6 Å². The molecule has 0 aromatic carbocycles. The van der Waals surface area contributed by atoms with Gasteiger partial charge >= 0.3 is 6.18 Å². The number of halogens is 3. The van der Waals surface area contributed by atoms with Crippen LogP contribution in [0.1, 0.15) is 41.1 Å². The molecule has 4 heterocycles. The highest BCUT2D eigenvalue weighted by Gasteiger charge is 2.30. The van der Waals surface area contributed by atoms with Gasteiger partial charge < -0.3 is 14.4 Å². The fraction of sp³-hybridized carbons (Fsp3) is 0.412. The number of H-pyrrole nitrogens is 1. The summed E-state index contributed by atoms with van der Waals surface area (Å²) in [7, 11) is 0. The van der Waals surface area contributed by atoms with Gasteiger partial charge in [-0.15, -0.1) is 0 Å². The van der Waals surface area contributed by atoms with Crippen LogP contribution in [0.5, 0.6) is 0 Å². The van der Waals surface area contributed by atoms with Crippen molar-refractivity contribution in [2.75, 3.05) is 11.4 Å². The molecule has 0 saturated carbocycles. The van der Waals surface area contributed by atoms with E-state index >= 15 is 0 Å². The normalized spacial score (nSPS) is 14.6. The average molecular weight is 379 g/mol. The Morgan fingerprint density at radius 1 is 1.33 bits per heavy atom. The van der Waals surface area contributed by atoms with Gasteiger partial charge in [-0.3, -0.25) is 4.79 Å². The van der Waals surface area contributed by atoms with Gasteiger partial charge in [-0.1, -0.05) is 5.16 Å². The van der Waals surface area contributed by atoms with Crippen LogP contribution in [-0.2, 0) is 13.0 Å². The van der Waals surface area contributed by atoms with E-state index in [0.717, 1.165) is 11.2 Å². The van der Waals surface area contributed by atoms with Crippen LogP contribution in [0.2, 0.25) is 0 Å². The lowest BCUT2D eigenvalue weighted by Gasteiger charge is -2.27. The van der Waals surface area contributed by atoms with Crippen LogP contribution in [0, 0.1) is 0 Å². The van der Waals surface area contributed by atoms with Crippen molar-refractivity contribution in [3.05, 3.63) is 35.6 Å². The molecule has 1 N–H and O–H groups in total. The predicted octanol–water partition coefficient (Wildman–Crippen LogP) is 3.42. The second-order valence-corrected chi connectivity index (χ2v) is 6.43. The quantitative estimate of drug-likeness (QED) is 0.684. The molecule has 0 amide bonds. The molecule has 0 saturated heterocycles. The van der Waals surface area contributed by atoms with Crippen LogP contribution < -0.4 is 4.90 Å². The van der Waals surface area contributed by atoms with E-state index in [1.54, 1.807) is 6.20 Å². The van der Waals surface area contributed by atoms with Crippen LogP contribution in [0.4, 0.5) is 19.0 Å². The van der Waals surface area contributed by atoms with E-state index in [1.165, 1.54) is 6.33 Å². The van der Waals surface area contributed by atoms with Gasteiger partial charge in [0.1, 0.15) is 23.6 Å². The number of nitrogens with zero attached hydrogens (tertiary/aromatic N) is 4. The van der Waals surface area contributed by atoms with Crippen LogP contribution in [-0.4, -0.2) is 38.6 Å². The van der Waals surface area contributed by atoms with E-state index in [1.807, 2.05) is 11.0 Å². The van der Waals surface area contributed by atoms with Gasteiger partial charge in [-0.25, -0.2) is 9.97 Å². The van der Waals surface area contributed by atoms with E-state index in [4.69, 9.17) is 4.52 Å². The summed E-state index contributed by atoms with van der Waals surface area (Å²) < 4.78 is 42.1. The number of aromatic amines is 1. The first-order chi connectivity index (χ1) is 12.9. The van der Waals surface area contributed by atoms with Crippen molar-refractivity contribution in [1.29, 1.82) is 0 Å². The third-order valence-corrected chi connectivity index (χ3v) is 4.59. The minimum absolute atomic E-state index is 0.122. The van der Waals surface area contributed by atoms with Crippen molar-refractivity contribution in [3.63, 3.8) is 0 Å². The molecule has 3 aromatic heterocycles. The lowest BCUT2D eigenvalue weighted by Crippen LogP contribution is -2.31. The Hall–Kier alpha value is -2.91. The maximum absolute atomic E-state index is 12.3. The molecule has 0 fully saturated rings. The Balaban J connectivity index is 1.53. The zero-order valence-electron chi connectivity index (χ0n) is 14.2. The number of ketones is 1. The van der Waals surface area contributed by atoms with Gasteiger partial charge in [0.15, 0.2) is 11.5 Å². The van der Waals surface area contributed by atoms with Crippen molar-refractivity contribution in [2.45, 2.75) is 38.4 Å². The number of carbonyl (C=O) groups is 1. The first kappa shape index (κ1) is 17.5. The standard InChI is InChI=1S/C17H16F3N5O2/c18-17(19,20)5-1-2-12(26)14-11-8-25(7-4-13(11)27-24-14)16-10-3-6-21-15(10)22-9-23-16/h3,6,9H,1-2,4-5,7-8H2,(H,21,22,23). The fourth-order valence-electron chi connectivity index (χ4n) is 3.29. The molecule has 0 unspecified atom stereocenters. The summed E-state index contributed by atoms with van der Waals surface area (Å²) in [5.74, 6) is 0.897. The molecule has 10 heteroatoms. The third-order valence-electron chi connectivity index (χ3n) is 4.59. The Morgan fingerprint density at radius 2 is 2.19 bits per heavy atom. The molecular weight excluding hydrogens is 363 g/mol. The highest BCUT2D eigenvalue weighted by atomic mass is 19.4. The molecule has 0 bridgehead atoms. The Bertz CT molecular complexity index is 979. The number of Topliss-reactive ketones (excluding diaryl/α,β-unsaturated/α-hetero) is 1. The Kier molecular flexibility index (Phi) is 4.33. The molecule has 7 nitrogen and oxygen atoms in total. The van der Waals surface area contributed by atoms with E-state index in [2.05, 4.69) is 20.1 Å². The predicted molar refractivity (Wildman–Crippen MR) is 89.4 cm³/mol. The van der Waals surface area contributed by atoms with Crippen molar-refractivity contribution >= 4 is 22.6 Å². The average Bonchev–Trinajstić information content (AvgIpc) is 3.26. The highest BCUT2D eigenvalue weighted by Crippen LogP contribution is 2.30. The maximum Gasteiger partial charge on any atom is 0.389 e. The SMILES string of the molecule is O=C(CCCC(F)(F)F)c1noc2c1CN(c1ncnc3[nH]ccc13)CC2. The second kappa shape index (κ2) is 6.67. The lowest BCUT2D eigenvalue weighted by molar-refractivity contribution is -0.135. The number of fused-ring (bicyclic) bond motifs is 2. The van der Waals surface area contributed by atoms with E-state index in [-0.39, 0.29) is 18.5 Å². The summed E-state index contributed by atoms with van der Waals surface area (Å²) in [6.45, 7) is 0.984. The third kappa shape index (κ3) is 3.51. The van der Waals surface area contributed by atoms with E-state index < -0.39 is 18.4 Å². The topological polar surface area (TPSA) is 87.9 Å². The molecule has 142 valence electrons. The van der Waals surface area contributed by atoms with Crippen molar-refractivity contribution < 1.29 is 22.5 Å². The van der Waals surface area contributed by atoms with Crippen LogP contribution in [0.15, 0.2) is 23.1 Å². The number of anilines is 1. The molecule has 0 aliphatic carbocycles. The largest absolute Gasteiger partial charge is 0.389 e. The zero-order valence-corrected chi connectivity index (χ0v) is 14.2. The highest BCUT2D eigenvalue weighted by molar-refractivity contribution is 5.96. The molecule has 3 aromatic rings. The smallest absolute Gasteiger partial charge is 0.360 e. The summed E-state index contributed by atoms with van der Waals surface area (Å²) >= 11 is 0. The van der Waals surface area contributed by atoms with Gasteiger partial charge in [0.05, 0.1) is 11.9 Å². The minimum Gasteiger partial charge on any atom is -0.360 e. The van der Waals surface area contributed by atoms with Crippen LogP contribution in [0.25, 0.3) is 11.0 Å². The zero-order chi connectivity index (χ0) is 19.0. The van der Waals surface area contributed by atoms with Crippen molar-refractivity contribution in [3.8, 4) is 0 Å². The van der Waals surface area contributed by atoms with Gasteiger partial charge in [-0.2, -0.15) is 13.2 Å². The van der Waals surface area contributed by atoms with Crippen LogP contribution >= 0.6 is 0 Å². The molecule has 0 spiro atoms. The molecule has 0 radical (unpaired) electrons. The number of carbonyl (C=O) groups excluding carboxylic acids is 1. The van der Waals surface area contributed by atoms with E-state index in [9.17, 15) is 18.0 Å². The summed E-state index contributed by atoms with van der Waals surface area (Å²) in [6.07, 6.45) is -1.97. The second-order valence-electron chi connectivity index (χ2n) is 6.43. The number of hydrogen-bond acceptors (Lipinski definition) is 6. The maximum atomic E-state index is 12.3. The molecular formula is C17H16F3N5O2. The van der Waals surface area contributed by atoms with Gasteiger partial charge in [0.25, 0.3) is 0 Å². The number of alkyl halides is 3. The minimum atomic E-state index is -4.27. The van der Waals surface area contributed by atoms with E-state index in [0.29, 0.717) is 36.5 Å². The summed E-state index contributed by atoms with van der Waals surface area (Å²) in [6, 6.07) is 1.87. The summed E-state index contributed by atoms with van der Waals surface area (Å²) in [5, 5.41) is 4.68. The summed E-state index contributed by atoms with van der Waals surface area (Å²) in [5.41, 5.74) is 1.45. The van der Waals surface area contributed by atoms with Gasteiger partial charge in [-0.05, 0) is 12.5 Å². The number of hydrogen-bond donors (Lipinski definition) is 1. The Morgan fingerprint density at radius 3 is 3.00 bits per heavy atom. The van der Waals surface area contributed by atoms with Crippen molar-refractivity contribution in [1.82, 2.24) is 20.1 Å². The fourth-order valence-corrected chi connectivity index (χ4v) is 3.29. The summed E-state index contributed by atoms with van der Waals surface area (Å²) in [4.78, 5) is 25.9. The molecule has 27 heavy (non-hydrogen) atoms. The number of rotatable bonds is 5. The lowest BCUT2D eigenvalue weighted by atomic mass is 10.0. The molecule has 0 atom stereocenters. The molecule has 1 aliphatic rings. The monoisotopic (exact) mass is 379 g/mol. The van der Waals surface area contributed by atoms with Crippen LogP contribution in [0.3, 0.4) is 0 Å². The number of nitrogens with one attached hydrogen (secondary N) is 1. The number of aromatic nitrogens is 4. The Labute approximate surface area is 151 Å². The first-order valence-electron chi connectivity index (χ1n) is 8.53. The first-order valence-corrected chi connectivity index (χ1v) is 8.53. The molecule has 1 aliphatic heterocycles. The van der Waals surface area contributed by atoms with Gasteiger partial charge in [0.2, 0.25) is 0 Å². The molecule has 4 rings (SSSR count).